The summed E-state index contributed by atoms with van der Waals surface area (Å²) in [4.78, 5) is 13.4. The minimum Gasteiger partial charge on any atom is -0.442 e. The maximum absolute atomic E-state index is 14.5. The van der Waals surface area contributed by atoms with Crippen LogP contribution < -0.4 is 15.5 Å². The third-order valence-corrected chi connectivity index (χ3v) is 4.14. The Morgan fingerprint density at radius 3 is 3.00 bits per heavy atom. The van der Waals surface area contributed by atoms with Gasteiger partial charge in [-0.15, -0.1) is 0 Å². The number of thiocarbonyl (C=S) groups is 1. The highest BCUT2D eigenvalue weighted by atomic mass is 32.1. The molecule has 0 spiro atoms. The van der Waals surface area contributed by atoms with E-state index in [-0.39, 0.29) is 18.2 Å². The summed E-state index contributed by atoms with van der Waals surface area (Å²) in [5.41, 5.74) is 1.43. The highest BCUT2D eigenvalue weighted by molar-refractivity contribution is 7.80. The van der Waals surface area contributed by atoms with E-state index in [1.54, 1.807) is 42.3 Å². The summed E-state index contributed by atoms with van der Waals surface area (Å²) in [6.07, 6.45) is 2.24. The molecule has 0 aliphatic carbocycles. The van der Waals surface area contributed by atoms with Crippen LogP contribution in [0.5, 0.6) is 0 Å². The molecule has 2 aromatic rings. The molecular formula is C16H15FN6O2S. The number of cyclic esters (lactones) is 1. The molecule has 1 saturated heterocycles. The van der Waals surface area contributed by atoms with Gasteiger partial charge in [0.2, 0.25) is 0 Å². The van der Waals surface area contributed by atoms with Crippen LogP contribution in [0.2, 0.25) is 0 Å². The number of halogens is 1. The molecule has 1 aromatic heterocycles. The third kappa shape index (κ3) is 3.57. The molecule has 2 heterocycles. The Bertz CT molecular complexity index is 893. The summed E-state index contributed by atoms with van der Waals surface area (Å²) < 4.78 is 21.3. The number of anilines is 1. The molecule has 3 rings (SSSR count). The summed E-state index contributed by atoms with van der Waals surface area (Å²) >= 11 is 4.87. The van der Waals surface area contributed by atoms with Crippen molar-refractivity contribution in [1.29, 1.82) is 5.26 Å². The number of carbonyl (C=O) groups excluding carboxylic acids is 1. The zero-order valence-electron chi connectivity index (χ0n) is 13.8. The van der Waals surface area contributed by atoms with E-state index in [1.165, 1.54) is 11.0 Å². The van der Waals surface area contributed by atoms with E-state index in [2.05, 4.69) is 15.7 Å². The second-order valence-electron chi connectivity index (χ2n) is 5.57. The fourth-order valence-electron chi connectivity index (χ4n) is 2.66. The zero-order valence-corrected chi connectivity index (χ0v) is 14.6. The highest BCUT2D eigenvalue weighted by Gasteiger charge is 2.32. The molecule has 0 radical (unpaired) electrons. The van der Waals surface area contributed by atoms with E-state index in [0.717, 1.165) is 0 Å². The van der Waals surface area contributed by atoms with Crippen LogP contribution in [0.3, 0.4) is 0 Å². The predicted octanol–water partition coefficient (Wildman–Crippen LogP) is 1.50. The van der Waals surface area contributed by atoms with Crippen molar-refractivity contribution in [2.75, 3.05) is 18.0 Å². The molecule has 0 saturated carbocycles. The standard InChI is InChI=1S/C16H15FN6O2S/c1-22-14(4-5-21-22)12-3-2-10(6-13(12)17)23-8-11(25-16(23)24)7-19-15(26)20-9-18/h2-6,11H,7-8H2,1H3,(H2,19,20,26). The Labute approximate surface area is 154 Å². The van der Waals surface area contributed by atoms with Crippen molar-refractivity contribution in [3.05, 3.63) is 36.3 Å². The Kier molecular flexibility index (Phi) is 4.99. The van der Waals surface area contributed by atoms with E-state index in [9.17, 15) is 9.18 Å². The lowest BCUT2D eigenvalue weighted by Gasteiger charge is -2.14. The van der Waals surface area contributed by atoms with Gasteiger partial charge in [-0.2, -0.15) is 10.4 Å². The van der Waals surface area contributed by atoms with E-state index >= 15 is 0 Å². The Morgan fingerprint density at radius 1 is 1.54 bits per heavy atom. The third-order valence-electron chi connectivity index (χ3n) is 3.90. The maximum Gasteiger partial charge on any atom is 0.414 e. The number of hydrogen-bond acceptors (Lipinski definition) is 5. The van der Waals surface area contributed by atoms with Gasteiger partial charge in [0.1, 0.15) is 11.9 Å². The van der Waals surface area contributed by atoms with Gasteiger partial charge in [0.05, 0.1) is 24.5 Å². The summed E-state index contributed by atoms with van der Waals surface area (Å²) in [7, 11) is 1.73. The first kappa shape index (κ1) is 17.6. The second-order valence-corrected chi connectivity index (χ2v) is 5.98. The number of nitriles is 1. The van der Waals surface area contributed by atoms with E-state index in [1.807, 2.05) is 0 Å². The molecule has 1 fully saturated rings. The van der Waals surface area contributed by atoms with E-state index in [4.69, 9.17) is 22.2 Å². The topological polar surface area (TPSA) is 95.2 Å². The van der Waals surface area contributed by atoms with Crippen LogP contribution in [0.4, 0.5) is 14.9 Å². The van der Waals surface area contributed by atoms with Crippen molar-refractivity contribution in [2.45, 2.75) is 6.10 Å². The molecule has 1 aromatic carbocycles. The number of aryl methyl sites for hydroxylation is 1. The monoisotopic (exact) mass is 374 g/mol. The van der Waals surface area contributed by atoms with Crippen molar-refractivity contribution in [2.24, 2.45) is 7.05 Å². The molecule has 26 heavy (non-hydrogen) atoms. The summed E-state index contributed by atoms with van der Waals surface area (Å²) in [6, 6.07) is 6.26. The first-order valence-corrected chi connectivity index (χ1v) is 8.09. The minimum absolute atomic E-state index is 0.147. The van der Waals surface area contributed by atoms with Crippen LogP contribution in [0.15, 0.2) is 30.5 Å². The van der Waals surface area contributed by atoms with Crippen LogP contribution in [-0.2, 0) is 11.8 Å². The number of nitrogens with zero attached hydrogens (tertiary/aromatic N) is 4. The number of carbonyl (C=O) groups is 1. The van der Waals surface area contributed by atoms with Gasteiger partial charge in [0, 0.05) is 18.8 Å². The molecule has 134 valence electrons. The maximum atomic E-state index is 14.5. The van der Waals surface area contributed by atoms with Crippen LogP contribution >= 0.6 is 12.2 Å². The smallest absolute Gasteiger partial charge is 0.414 e. The summed E-state index contributed by atoms with van der Waals surface area (Å²) in [5, 5.41) is 17.7. The molecular weight excluding hydrogens is 359 g/mol. The lowest BCUT2D eigenvalue weighted by atomic mass is 10.1. The largest absolute Gasteiger partial charge is 0.442 e. The molecule has 10 heteroatoms. The minimum atomic E-state index is -0.566. The van der Waals surface area contributed by atoms with Crippen molar-refractivity contribution < 1.29 is 13.9 Å². The molecule has 1 aliphatic heterocycles. The van der Waals surface area contributed by atoms with Gasteiger partial charge in [0.25, 0.3) is 0 Å². The fraction of sp³-hybridized carbons (Fsp3) is 0.250. The van der Waals surface area contributed by atoms with Gasteiger partial charge in [0.15, 0.2) is 11.3 Å². The summed E-state index contributed by atoms with van der Waals surface area (Å²) in [5.74, 6) is -0.458. The lowest BCUT2D eigenvalue weighted by Crippen LogP contribution is -2.38. The fourth-order valence-corrected chi connectivity index (χ4v) is 2.79. The van der Waals surface area contributed by atoms with E-state index < -0.39 is 18.0 Å². The number of benzene rings is 1. The zero-order chi connectivity index (χ0) is 18.7. The highest BCUT2D eigenvalue weighted by Crippen LogP contribution is 2.28. The lowest BCUT2D eigenvalue weighted by molar-refractivity contribution is 0.143. The number of rotatable bonds is 4. The number of aromatic nitrogens is 2. The molecule has 0 bridgehead atoms. The van der Waals surface area contributed by atoms with Gasteiger partial charge in [-0.3, -0.25) is 14.9 Å². The van der Waals surface area contributed by atoms with Crippen molar-refractivity contribution in [3.63, 3.8) is 0 Å². The average Bonchev–Trinajstić information content (AvgIpc) is 3.19. The normalized spacial score (nSPS) is 16.1. The van der Waals surface area contributed by atoms with Crippen LogP contribution in [0.1, 0.15) is 0 Å². The van der Waals surface area contributed by atoms with Crippen LogP contribution in [-0.4, -0.2) is 40.2 Å². The Hall–Kier alpha value is -3.19. The number of hydrogen-bond donors (Lipinski definition) is 2. The number of ether oxygens (including phenoxy) is 1. The molecule has 1 atom stereocenters. The van der Waals surface area contributed by atoms with Gasteiger partial charge in [-0.25, -0.2) is 9.18 Å². The molecule has 1 unspecified atom stereocenters. The predicted molar refractivity (Wildman–Crippen MR) is 95.6 cm³/mol. The quantitative estimate of drug-likeness (QED) is 0.476. The van der Waals surface area contributed by atoms with Gasteiger partial charge >= 0.3 is 6.09 Å². The van der Waals surface area contributed by atoms with Crippen LogP contribution in [0, 0.1) is 17.3 Å². The van der Waals surface area contributed by atoms with E-state index in [0.29, 0.717) is 16.9 Å². The van der Waals surface area contributed by atoms with Crippen molar-refractivity contribution in [1.82, 2.24) is 20.4 Å². The van der Waals surface area contributed by atoms with Crippen LogP contribution in [0.25, 0.3) is 11.3 Å². The first-order chi connectivity index (χ1) is 12.5. The van der Waals surface area contributed by atoms with Gasteiger partial charge in [-0.05, 0) is 36.5 Å². The number of nitrogens with one attached hydrogen (secondary N) is 2. The van der Waals surface area contributed by atoms with Crippen molar-refractivity contribution in [3.8, 4) is 17.5 Å². The van der Waals surface area contributed by atoms with Gasteiger partial charge < -0.3 is 10.1 Å². The first-order valence-electron chi connectivity index (χ1n) is 7.68. The molecule has 8 nitrogen and oxygen atoms in total. The Morgan fingerprint density at radius 2 is 2.35 bits per heavy atom. The average molecular weight is 374 g/mol. The second kappa shape index (κ2) is 7.37. The molecule has 2 N–H and O–H groups in total. The Balaban J connectivity index is 1.70. The SMILES string of the molecule is Cn1nccc1-c1ccc(N2CC(CNC(=S)NC#N)OC2=O)cc1F. The number of amides is 1. The molecule has 1 aliphatic rings. The summed E-state index contributed by atoms with van der Waals surface area (Å²) in [6.45, 7) is 0.483. The van der Waals surface area contributed by atoms with Crippen molar-refractivity contribution >= 4 is 29.1 Å². The van der Waals surface area contributed by atoms with Gasteiger partial charge in [-0.1, -0.05) is 0 Å². The molecule has 1 amide bonds.